The lowest BCUT2D eigenvalue weighted by Crippen LogP contribution is -2.25. The van der Waals surface area contributed by atoms with Crippen LogP contribution in [0.3, 0.4) is 0 Å². The molecule has 0 aromatic carbocycles. The summed E-state index contributed by atoms with van der Waals surface area (Å²) in [5.41, 5.74) is 1.04. The molecule has 0 fully saturated rings. The van der Waals surface area contributed by atoms with Gasteiger partial charge in [-0.05, 0) is 19.8 Å². The van der Waals surface area contributed by atoms with Gasteiger partial charge in [0, 0.05) is 25.9 Å². The molecule has 2 atom stereocenters. The predicted molar refractivity (Wildman–Crippen MR) is 71.4 cm³/mol. The van der Waals surface area contributed by atoms with Crippen molar-refractivity contribution < 1.29 is 4.74 Å². The lowest BCUT2D eigenvalue weighted by Gasteiger charge is -2.21. The van der Waals surface area contributed by atoms with Gasteiger partial charge in [-0.25, -0.2) is 4.98 Å². The normalized spacial score (nSPS) is 14.6. The lowest BCUT2D eigenvalue weighted by molar-refractivity contribution is 0.187. The SMILES string of the molecule is CCC(C)C(C)Nc1nc(C)cn1CCOC. The average Bonchev–Trinajstić information content (AvgIpc) is 2.65. The third kappa shape index (κ3) is 4.04. The maximum absolute atomic E-state index is 5.11. The van der Waals surface area contributed by atoms with Gasteiger partial charge in [-0.2, -0.15) is 0 Å². The van der Waals surface area contributed by atoms with Gasteiger partial charge < -0.3 is 14.6 Å². The predicted octanol–water partition coefficient (Wildman–Crippen LogP) is 2.68. The first-order valence-electron chi connectivity index (χ1n) is 6.37. The van der Waals surface area contributed by atoms with E-state index in [1.165, 1.54) is 6.42 Å². The highest BCUT2D eigenvalue weighted by atomic mass is 16.5. The zero-order valence-corrected chi connectivity index (χ0v) is 11.7. The van der Waals surface area contributed by atoms with Crippen molar-refractivity contribution in [3.8, 4) is 0 Å². The van der Waals surface area contributed by atoms with Crippen molar-refractivity contribution in [1.29, 1.82) is 0 Å². The van der Waals surface area contributed by atoms with Gasteiger partial charge in [0.05, 0.1) is 12.3 Å². The minimum Gasteiger partial charge on any atom is -0.383 e. The summed E-state index contributed by atoms with van der Waals surface area (Å²) >= 11 is 0. The monoisotopic (exact) mass is 239 g/mol. The van der Waals surface area contributed by atoms with Crippen molar-refractivity contribution in [2.24, 2.45) is 5.92 Å². The molecule has 0 spiro atoms. The van der Waals surface area contributed by atoms with E-state index in [1.807, 2.05) is 6.92 Å². The number of methoxy groups -OCH3 is 1. The number of nitrogens with zero attached hydrogens (tertiary/aromatic N) is 2. The van der Waals surface area contributed by atoms with Gasteiger partial charge in [0.25, 0.3) is 0 Å². The molecule has 1 aromatic rings. The van der Waals surface area contributed by atoms with Crippen molar-refractivity contribution in [3.05, 3.63) is 11.9 Å². The van der Waals surface area contributed by atoms with Gasteiger partial charge in [-0.15, -0.1) is 0 Å². The average molecular weight is 239 g/mol. The molecule has 0 saturated heterocycles. The summed E-state index contributed by atoms with van der Waals surface area (Å²) in [4.78, 5) is 4.52. The maximum Gasteiger partial charge on any atom is 0.203 e. The molecule has 1 heterocycles. The third-order valence-corrected chi connectivity index (χ3v) is 3.29. The number of imidazole rings is 1. The molecular formula is C13H25N3O. The number of rotatable bonds is 7. The molecular weight excluding hydrogens is 214 g/mol. The van der Waals surface area contributed by atoms with E-state index in [0.717, 1.165) is 18.2 Å². The second-order valence-electron chi connectivity index (χ2n) is 4.71. The number of hydrogen-bond donors (Lipinski definition) is 1. The maximum atomic E-state index is 5.11. The molecule has 0 aliphatic rings. The molecule has 0 aliphatic heterocycles. The Morgan fingerprint density at radius 1 is 1.47 bits per heavy atom. The number of ether oxygens (including phenoxy) is 1. The first kappa shape index (κ1) is 14.0. The van der Waals surface area contributed by atoms with E-state index in [2.05, 4.69) is 41.8 Å². The van der Waals surface area contributed by atoms with Crippen LogP contribution in [0.2, 0.25) is 0 Å². The Hall–Kier alpha value is -1.03. The topological polar surface area (TPSA) is 39.1 Å². The zero-order valence-electron chi connectivity index (χ0n) is 11.7. The van der Waals surface area contributed by atoms with Crippen LogP contribution < -0.4 is 5.32 Å². The van der Waals surface area contributed by atoms with E-state index in [1.54, 1.807) is 7.11 Å². The highest BCUT2D eigenvalue weighted by Crippen LogP contribution is 2.15. The van der Waals surface area contributed by atoms with Crippen molar-refractivity contribution >= 4 is 5.95 Å². The molecule has 0 aliphatic carbocycles. The summed E-state index contributed by atoms with van der Waals surface area (Å²) in [5.74, 6) is 1.59. The van der Waals surface area contributed by atoms with Gasteiger partial charge in [0.2, 0.25) is 5.95 Å². The van der Waals surface area contributed by atoms with E-state index >= 15 is 0 Å². The summed E-state index contributed by atoms with van der Waals surface area (Å²) in [7, 11) is 1.72. The van der Waals surface area contributed by atoms with Crippen molar-refractivity contribution in [1.82, 2.24) is 9.55 Å². The molecule has 98 valence electrons. The molecule has 17 heavy (non-hydrogen) atoms. The van der Waals surface area contributed by atoms with E-state index < -0.39 is 0 Å². The van der Waals surface area contributed by atoms with Crippen LogP contribution in [0.15, 0.2) is 6.20 Å². The molecule has 4 nitrogen and oxygen atoms in total. The molecule has 1 rings (SSSR count). The van der Waals surface area contributed by atoms with Crippen molar-refractivity contribution in [3.63, 3.8) is 0 Å². The van der Waals surface area contributed by atoms with E-state index in [4.69, 9.17) is 4.74 Å². The summed E-state index contributed by atoms with van der Waals surface area (Å²) in [6.45, 7) is 10.2. The molecule has 0 saturated carbocycles. The Bertz CT molecular complexity index is 335. The minimum absolute atomic E-state index is 0.433. The molecule has 2 unspecified atom stereocenters. The number of anilines is 1. The summed E-state index contributed by atoms with van der Waals surface area (Å²) in [5, 5.41) is 3.49. The highest BCUT2D eigenvalue weighted by molar-refractivity contribution is 5.30. The van der Waals surface area contributed by atoms with Gasteiger partial charge in [-0.3, -0.25) is 0 Å². The summed E-state index contributed by atoms with van der Waals surface area (Å²) < 4.78 is 7.23. The zero-order chi connectivity index (χ0) is 12.8. The minimum atomic E-state index is 0.433. The largest absolute Gasteiger partial charge is 0.383 e. The number of aryl methyl sites for hydroxylation is 1. The second kappa shape index (κ2) is 6.64. The van der Waals surface area contributed by atoms with E-state index in [-0.39, 0.29) is 0 Å². The first-order valence-corrected chi connectivity index (χ1v) is 6.37. The van der Waals surface area contributed by atoms with Crippen LogP contribution in [-0.2, 0) is 11.3 Å². The van der Waals surface area contributed by atoms with Crippen LogP contribution in [0, 0.1) is 12.8 Å². The number of nitrogens with one attached hydrogen (secondary N) is 1. The molecule has 0 radical (unpaired) electrons. The fourth-order valence-electron chi connectivity index (χ4n) is 1.72. The Balaban J connectivity index is 2.68. The van der Waals surface area contributed by atoms with Crippen LogP contribution in [0.5, 0.6) is 0 Å². The fourth-order valence-corrected chi connectivity index (χ4v) is 1.72. The molecule has 0 amide bonds. The summed E-state index contributed by atoms with van der Waals surface area (Å²) in [6.07, 6.45) is 3.23. The van der Waals surface area contributed by atoms with Crippen LogP contribution in [-0.4, -0.2) is 29.3 Å². The standard InChI is InChI=1S/C13H25N3O/c1-6-10(2)12(4)15-13-14-11(3)9-16(13)7-8-17-5/h9-10,12H,6-8H2,1-5H3,(H,14,15). The number of hydrogen-bond acceptors (Lipinski definition) is 3. The van der Waals surface area contributed by atoms with E-state index in [9.17, 15) is 0 Å². The van der Waals surface area contributed by atoms with Crippen LogP contribution in [0.25, 0.3) is 0 Å². The fraction of sp³-hybridized carbons (Fsp3) is 0.769. The van der Waals surface area contributed by atoms with Crippen LogP contribution in [0.1, 0.15) is 32.9 Å². The Kier molecular flexibility index (Phi) is 5.48. The van der Waals surface area contributed by atoms with Crippen LogP contribution >= 0.6 is 0 Å². The van der Waals surface area contributed by atoms with Gasteiger partial charge >= 0.3 is 0 Å². The highest BCUT2D eigenvalue weighted by Gasteiger charge is 2.13. The van der Waals surface area contributed by atoms with E-state index in [0.29, 0.717) is 18.6 Å². The van der Waals surface area contributed by atoms with Crippen molar-refractivity contribution in [2.45, 2.75) is 46.7 Å². The third-order valence-electron chi connectivity index (χ3n) is 3.29. The van der Waals surface area contributed by atoms with Gasteiger partial charge in [-0.1, -0.05) is 20.3 Å². The van der Waals surface area contributed by atoms with Gasteiger partial charge in [0.1, 0.15) is 0 Å². The number of aromatic nitrogens is 2. The Morgan fingerprint density at radius 3 is 2.76 bits per heavy atom. The van der Waals surface area contributed by atoms with Crippen LogP contribution in [0.4, 0.5) is 5.95 Å². The first-order chi connectivity index (χ1) is 8.08. The second-order valence-corrected chi connectivity index (χ2v) is 4.71. The van der Waals surface area contributed by atoms with Crippen molar-refractivity contribution in [2.75, 3.05) is 19.0 Å². The summed E-state index contributed by atoms with van der Waals surface area (Å²) in [6, 6.07) is 0.433. The molecule has 1 N–H and O–H groups in total. The van der Waals surface area contributed by atoms with Gasteiger partial charge in [0.15, 0.2) is 0 Å². The Morgan fingerprint density at radius 2 is 2.18 bits per heavy atom. The smallest absolute Gasteiger partial charge is 0.203 e. The molecule has 1 aromatic heterocycles. The quantitative estimate of drug-likeness (QED) is 0.795. The Labute approximate surface area is 104 Å². The molecule has 0 bridgehead atoms. The molecule has 4 heteroatoms. The lowest BCUT2D eigenvalue weighted by atomic mass is 10.0.